The Morgan fingerprint density at radius 1 is 0.933 bits per heavy atom. The Hall–Kier alpha value is -4.26. The van der Waals surface area contributed by atoms with Crippen LogP contribution in [0.25, 0.3) is 17.4 Å². The number of hydrogen-bond acceptors (Lipinski definition) is 5. The minimum Gasteiger partial charge on any atom is -0.457 e. The summed E-state index contributed by atoms with van der Waals surface area (Å²) in [6.45, 7) is 1.77. The van der Waals surface area contributed by atoms with E-state index in [0.29, 0.717) is 45.2 Å². The van der Waals surface area contributed by atoms with Crippen molar-refractivity contribution in [2.75, 3.05) is 5.01 Å². The van der Waals surface area contributed by atoms with Gasteiger partial charge in [0.05, 0.1) is 28.1 Å². The molecule has 1 aromatic heterocycles. The van der Waals surface area contributed by atoms with E-state index >= 15 is 0 Å². The lowest BCUT2D eigenvalue weighted by molar-refractivity contribution is -0.114. The van der Waals surface area contributed by atoms with Crippen LogP contribution in [0.15, 0.2) is 75.8 Å². The van der Waals surface area contributed by atoms with Crippen molar-refractivity contribution in [1.29, 1.82) is 0 Å². The van der Waals surface area contributed by atoms with E-state index in [9.17, 15) is 14.4 Å². The Morgan fingerprint density at radius 3 is 2.50 bits per heavy atom. The zero-order chi connectivity index (χ0) is 20.8. The molecule has 0 spiro atoms. The van der Waals surface area contributed by atoms with Gasteiger partial charge in [0.15, 0.2) is 0 Å². The fraction of sp³-hybridized carbons (Fsp3) is 0.0435. The second-order valence-electron chi connectivity index (χ2n) is 6.94. The van der Waals surface area contributed by atoms with Crippen molar-refractivity contribution < 1.29 is 18.8 Å². The van der Waals surface area contributed by atoms with E-state index in [2.05, 4.69) is 10.4 Å². The fourth-order valence-corrected chi connectivity index (χ4v) is 3.48. The normalized spacial score (nSPS) is 16.8. The number of nitrogens with one attached hydrogen (secondary N) is 1. The first kappa shape index (κ1) is 17.8. The van der Waals surface area contributed by atoms with Crippen LogP contribution in [0, 0.1) is 0 Å². The van der Waals surface area contributed by atoms with Crippen LogP contribution in [0.4, 0.5) is 5.69 Å². The standard InChI is InChI=1S/C23H15N3O4/c1-13-18(23(29)26(25-13)15-5-3-2-4-6-15)12-16-8-10-20(30-16)14-7-9-17-19(11-14)22(28)24-21(17)27/h2-12H,1H3,(H,24,27,28)/b18-12+. The predicted molar refractivity (Wildman–Crippen MR) is 111 cm³/mol. The lowest BCUT2D eigenvalue weighted by Gasteiger charge is -2.10. The molecule has 2 aromatic carbocycles. The van der Waals surface area contributed by atoms with Gasteiger partial charge in [0.2, 0.25) is 0 Å². The Morgan fingerprint density at radius 2 is 1.70 bits per heavy atom. The SMILES string of the molecule is CC1=NN(c2ccccc2)C(=O)/C1=C/c1ccc(-c2ccc3c(c2)C(=O)NC3=O)o1. The maximum atomic E-state index is 12.8. The number of rotatable bonds is 3. The number of carbonyl (C=O) groups excluding carboxylic acids is 3. The molecule has 3 amide bonds. The van der Waals surface area contributed by atoms with Gasteiger partial charge in [0, 0.05) is 5.56 Å². The highest BCUT2D eigenvalue weighted by molar-refractivity contribution is 6.32. The Bertz CT molecular complexity index is 1280. The minimum atomic E-state index is -0.421. The van der Waals surface area contributed by atoms with E-state index in [4.69, 9.17) is 4.42 Å². The molecule has 7 heteroatoms. The summed E-state index contributed by atoms with van der Waals surface area (Å²) in [6, 6.07) is 17.6. The molecule has 3 heterocycles. The largest absolute Gasteiger partial charge is 0.457 e. The van der Waals surface area contributed by atoms with Crippen LogP contribution in [0.5, 0.6) is 0 Å². The Labute approximate surface area is 171 Å². The molecule has 0 saturated heterocycles. The number of furan rings is 1. The van der Waals surface area contributed by atoms with Crippen LogP contribution < -0.4 is 10.3 Å². The lowest BCUT2D eigenvalue weighted by Crippen LogP contribution is -2.21. The van der Waals surface area contributed by atoms with Gasteiger partial charge in [-0.3, -0.25) is 19.7 Å². The molecule has 5 rings (SSSR count). The molecule has 0 radical (unpaired) electrons. The quantitative estimate of drug-likeness (QED) is 0.540. The van der Waals surface area contributed by atoms with Crippen molar-refractivity contribution in [3.8, 4) is 11.3 Å². The van der Waals surface area contributed by atoms with Crippen LogP contribution >= 0.6 is 0 Å². The van der Waals surface area contributed by atoms with Crippen molar-refractivity contribution in [1.82, 2.24) is 5.32 Å². The number of imide groups is 1. The molecule has 2 aliphatic heterocycles. The monoisotopic (exact) mass is 397 g/mol. The average molecular weight is 397 g/mol. The Balaban J connectivity index is 1.44. The molecular formula is C23H15N3O4. The van der Waals surface area contributed by atoms with E-state index in [1.165, 1.54) is 5.01 Å². The summed E-state index contributed by atoms with van der Waals surface area (Å²) in [5, 5.41) is 7.98. The molecular weight excluding hydrogens is 382 g/mol. The molecule has 0 bridgehead atoms. The molecule has 7 nitrogen and oxygen atoms in total. The molecule has 0 atom stereocenters. The summed E-state index contributed by atoms with van der Waals surface area (Å²) >= 11 is 0. The van der Waals surface area contributed by atoms with Crippen LogP contribution in [-0.4, -0.2) is 23.4 Å². The van der Waals surface area contributed by atoms with E-state index in [-0.39, 0.29) is 5.91 Å². The topological polar surface area (TPSA) is 92.0 Å². The number of hydrazone groups is 1. The van der Waals surface area contributed by atoms with Gasteiger partial charge in [-0.05, 0) is 49.4 Å². The highest BCUT2D eigenvalue weighted by Gasteiger charge is 2.29. The second-order valence-corrected chi connectivity index (χ2v) is 6.94. The molecule has 0 fully saturated rings. The molecule has 0 saturated carbocycles. The van der Waals surface area contributed by atoms with Crippen molar-refractivity contribution in [2.45, 2.75) is 6.92 Å². The number of para-hydroxylation sites is 1. The smallest absolute Gasteiger partial charge is 0.280 e. The lowest BCUT2D eigenvalue weighted by atomic mass is 10.0. The summed E-state index contributed by atoms with van der Waals surface area (Å²) < 4.78 is 5.87. The van der Waals surface area contributed by atoms with Crippen molar-refractivity contribution in [2.24, 2.45) is 5.10 Å². The zero-order valence-electron chi connectivity index (χ0n) is 15.9. The molecule has 3 aromatic rings. The van der Waals surface area contributed by atoms with Gasteiger partial charge in [-0.2, -0.15) is 10.1 Å². The number of fused-ring (bicyclic) bond motifs is 1. The number of benzene rings is 2. The number of carbonyl (C=O) groups is 3. The fourth-order valence-electron chi connectivity index (χ4n) is 3.48. The van der Waals surface area contributed by atoms with Crippen LogP contribution in [0.2, 0.25) is 0 Å². The van der Waals surface area contributed by atoms with E-state index in [0.717, 1.165) is 0 Å². The first-order chi connectivity index (χ1) is 14.5. The van der Waals surface area contributed by atoms with Crippen molar-refractivity contribution in [3.05, 3.63) is 83.1 Å². The predicted octanol–water partition coefficient (Wildman–Crippen LogP) is 3.64. The molecule has 30 heavy (non-hydrogen) atoms. The summed E-state index contributed by atoms with van der Waals surface area (Å²) in [5.41, 5.74) is 3.06. The van der Waals surface area contributed by atoms with E-state index in [1.807, 2.05) is 30.3 Å². The average Bonchev–Trinajstić information content (AvgIpc) is 3.42. The number of amides is 3. The highest BCUT2D eigenvalue weighted by atomic mass is 16.3. The molecule has 0 aliphatic carbocycles. The van der Waals surface area contributed by atoms with Crippen molar-refractivity contribution in [3.63, 3.8) is 0 Å². The maximum absolute atomic E-state index is 12.8. The summed E-state index contributed by atoms with van der Waals surface area (Å²) in [5.74, 6) is -0.0426. The van der Waals surface area contributed by atoms with Crippen LogP contribution in [0.3, 0.4) is 0 Å². The van der Waals surface area contributed by atoms with Gasteiger partial charge >= 0.3 is 0 Å². The summed E-state index contributed by atoms with van der Waals surface area (Å²) in [6.07, 6.45) is 1.65. The highest BCUT2D eigenvalue weighted by Crippen LogP contribution is 2.29. The summed E-state index contributed by atoms with van der Waals surface area (Å²) in [4.78, 5) is 36.4. The number of nitrogens with zero attached hydrogens (tertiary/aromatic N) is 2. The van der Waals surface area contributed by atoms with Gasteiger partial charge < -0.3 is 4.42 Å². The van der Waals surface area contributed by atoms with Gasteiger partial charge in [-0.25, -0.2) is 0 Å². The second kappa shape index (κ2) is 6.66. The zero-order valence-corrected chi connectivity index (χ0v) is 15.9. The van der Waals surface area contributed by atoms with Crippen LogP contribution in [-0.2, 0) is 4.79 Å². The van der Waals surface area contributed by atoms with Crippen LogP contribution in [0.1, 0.15) is 33.4 Å². The number of hydrogen-bond donors (Lipinski definition) is 1. The third kappa shape index (κ3) is 2.84. The molecule has 146 valence electrons. The molecule has 2 aliphatic rings. The van der Waals surface area contributed by atoms with Gasteiger partial charge in [0.1, 0.15) is 11.5 Å². The van der Waals surface area contributed by atoms with Crippen molar-refractivity contribution >= 4 is 35.2 Å². The van der Waals surface area contributed by atoms with Gasteiger partial charge in [-0.15, -0.1) is 0 Å². The Kier molecular flexibility index (Phi) is 3.96. The summed E-state index contributed by atoms with van der Waals surface area (Å²) in [7, 11) is 0. The van der Waals surface area contributed by atoms with E-state index in [1.54, 1.807) is 43.3 Å². The third-order valence-corrected chi connectivity index (χ3v) is 5.00. The van der Waals surface area contributed by atoms with Gasteiger partial charge in [-0.1, -0.05) is 24.3 Å². The maximum Gasteiger partial charge on any atom is 0.280 e. The third-order valence-electron chi connectivity index (χ3n) is 5.00. The van der Waals surface area contributed by atoms with E-state index < -0.39 is 11.8 Å². The van der Waals surface area contributed by atoms with Gasteiger partial charge in [0.25, 0.3) is 17.7 Å². The number of anilines is 1. The minimum absolute atomic E-state index is 0.232. The molecule has 0 unspecified atom stereocenters. The molecule has 1 N–H and O–H groups in total. The first-order valence-electron chi connectivity index (χ1n) is 9.28. The first-order valence-corrected chi connectivity index (χ1v) is 9.28.